The molecule has 2 heterocycles. The summed E-state index contributed by atoms with van der Waals surface area (Å²) >= 11 is 0. The van der Waals surface area contributed by atoms with Crippen molar-refractivity contribution in [3.63, 3.8) is 0 Å². The molecule has 0 spiro atoms. The Balaban J connectivity index is 1.92. The topological polar surface area (TPSA) is 62.3 Å². The first-order valence-electron chi connectivity index (χ1n) is 3.95. The number of nitrogens with zero attached hydrogens (tertiary/aromatic N) is 1. The number of furan rings is 1. The van der Waals surface area contributed by atoms with Gasteiger partial charge in [-0.25, -0.2) is 0 Å². The molecule has 0 bridgehead atoms. The highest BCUT2D eigenvalue weighted by Crippen LogP contribution is 2.10. The minimum Gasteiger partial charge on any atom is -0.468 e. The smallest absolute Gasteiger partial charge is 0.279 e. The Morgan fingerprint density at radius 1 is 1.54 bits per heavy atom. The van der Waals surface area contributed by atoms with Crippen LogP contribution in [0.3, 0.4) is 0 Å². The van der Waals surface area contributed by atoms with Crippen LogP contribution in [0.2, 0.25) is 0 Å². The van der Waals surface area contributed by atoms with Crippen LogP contribution >= 0.6 is 0 Å². The minimum absolute atomic E-state index is 0.214. The standard InChI is InChI=1S/C7H10N2O3S/c10-13(11,9-3-4-9)8-6-7-2-1-5-12-7/h1-2,5,8H,3-4,6H2. The molecule has 72 valence electrons. The van der Waals surface area contributed by atoms with Gasteiger partial charge in [0.2, 0.25) is 0 Å². The zero-order valence-corrected chi connectivity index (χ0v) is 7.75. The molecule has 5 nitrogen and oxygen atoms in total. The Labute approximate surface area is 76.5 Å². The zero-order chi connectivity index (χ0) is 9.31. The Morgan fingerprint density at radius 3 is 2.85 bits per heavy atom. The quantitative estimate of drug-likeness (QED) is 0.695. The summed E-state index contributed by atoms with van der Waals surface area (Å²) in [6, 6.07) is 3.45. The minimum atomic E-state index is -3.24. The normalized spacial score (nSPS) is 17.5. The zero-order valence-electron chi connectivity index (χ0n) is 6.93. The molecule has 0 atom stereocenters. The third-order valence-electron chi connectivity index (χ3n) is 1.76. The molecule has 1 saturated heterocycles. The molecule has 2 rings (SSSR count). The van der Waals surface area contributed by atoms with Gasteiger partial charge in [-0.1, -0.05) is 0 Å². The summed E-state index contributed by atoms with van der Waals surface area (Å²) in [6.07, 6.45) is 1.51. The predicted octanol–water partition coefficient (Wildman–Crippen LogP) is -0.0704. The lowest BCUT2D eigenvalue weighted by atomic mass is 10.5. The third-order valence-corrected chi connectivity index (χ3v) is 3.31. The number of nitrogens with one attached hydrogen (secondary N) is 1. The van der Waals surface area contributed by atoms with Gasteiger partial charge in [0.15, 0.2) is 0 Å². The summed E-state index contributed by atoms with van der Waals surface area (Å²) in [5.41, 5.74) is 0. The van der Waals surface area contributed by atoms with Crippen LogP contribution in [0.5, 0.6) is 0 Å². The van der Waals surface area contributed by atoms with Crippen molar-refractivity contribution in [2.45, 2.75) is 6.54 Å². The van der Waals surface area contributed by atoms with Gasteiger partial charge in [0.25, 0.3) is 10.2 Å². The van der Waals surface area contributed by atoms with Gasteiger partial charge in [-0.05, 0) is 12.1 Å². The van der Waals surface area contributed by atoms with Gasteiger partial charge in [0, 0.05) is 13.1 Å². The van der Waals surface area contributed by atoms with E-state index in [0.717, 1.165) is 0 Å². The van der Waals surface area contributed by atoms with E-state index in [4.69, 9.17) is 4.42 Å². The largest absolute Gasteiger partial charge is 0.468 e. The number of rotatable bonds is 4. The molecule has 6 heteroatoms. The van der Waals surface area contributed by atoms with Crippen LogP contribution in [0, 0.1) is 0 Å². The van der Waals surface area contributed by atoms with Gasteiger partial charge in [0.05, 0.1) is 12.8 Å². The van der Waals surface area contributed by atoms with Crippen LogP contribution in [0.4, 0.5) is 0 Å². The molecule has 0 aliphatic carbocycles. The van der Waals surface area contributed by atoms with E-state index < -0.39 is 10.2 Å². The summed E-state index contributed by atoms with van der Waals surface area (Å²) in [5.74, 6) is 0.616. The highest BCUT2D eigenvalue weighted by Gasteiger charge is 2.31. The molecule has 0 radical (unpaired) electrons. The average Bonchev–Trinajstić information content (AvgIpc) is 2.82. The summed E-state index contributed by atoms with van der Waals surface area (Å²) < 4.78 is 31.3. The fourth-order valence-corrected chi connectivity index (χ4v) is 2.02. The number of hydrogen-bond acceptors (Lipinski definition) is 3. The molecule has 1 aromatic heterocycles. The van der Waals surface area contributed by atoms with Crippen LogP contribution in [-0.4, -0.2) is 25.8 Å². The summed E-state index contributed by atoms with van der Waals surface area (Å²) in [5, 5.41) is 0. The van der Waals surface area contributed by atoms with Gasteiger partial charge in [0.1, 0.15) is 5.76 Å². The highest BCUT2D eigenvalue weighted by atomic mass is 32.2. The van der Waals surface area contributed by atoms with E-state index >= 15 is 0 Å². The van der Waals surface area contributed by atoms with E-state index in [2.05, 4.69) is 4.72 Å². The molecule has 1 aliphatic heterocycles. The Kier molecular flexibility index (Phi) is 2.10. The lowest BCUT2D eigenvalue weighted by molar-refractivity contribution is 0.492. The molecule has 0 unspecified atom stereocenters. The van der Waals surface area contributed by atoms with Gasteiger partial charge < -0.3 is 4.42 Å². The molecule has 1 aromatic rings. The van der Waals surface area contributed by atoms with Crippen molar-refractivity contribution in [2.24, 2.45) is 0 Å². The van der Waals surface area contributed by atoms with Gasteiger partial charge in [-0.15, -0.1) is 0 Å². The Bertz CT molecular complexity index is 366. The van der Waals surface area contributed by atoms with Crippen LogP contribution in [0.25, 0.3) is 0 Å². The second-order valence-electron chi connectivity index (χ2n) is 2.80. The Hall–Kier alpha value is -0.850. The molecule has 0 amide bonds. The maximum absolute atomic E-state index is 11.3. The van der Waals surface area contributed by atoms with Crippen LogP contribution in [0.15, 0.2) is 22.8 Å². The SMILES string of the molecule is O=S(=O)(NCc1ccco1)N1CC1. The van der Waals surface area contributed by atoms with Crippen molar-refractivity contribution in [1.29, 1.82) is 0 Å². The maximum Gasteiger partial charge on any atom is 0.279 e. The summed E-state index contributed by atoms with van der Waals surface area (Å²) in [4.78, 5) is 0. The lowest BCUT2D eigenvalue weighted by Crippen LogP contribution is -2.29. The van der Waals surface area contributed by atoms with Crippen molar-refractivity contribution < 1.29 is 12.8 Å². The molecule has 1 aliphatic rings. The lowest BCUT2D eigenvalue weighted by Gasteiger charge is -2.03. The molecule has 1 fully saturated rings. The van der Waals surface area contributed by atoms with Crippen LogP contribution in [-0.2, 0) is 16.8 Å². The molecular weight excluding hydrogens is 192 g/mol. The first kappa shape index (κ1) is 8.74. The van der Waals surface area contributed by atoms with E-state index in [0.29, 0.717) is 18.8 Å². The monoisotopic (exact) mass is 202 g/mol. The van der Waals surface area contributed by atoms with Crippen molar-refractivity contribution in [3.8, 4) is 0 Å². The average molecular weight is 202 g/mol. The van der Waals surface area contributed by atoms with Gasteiger partial charge >= 0.3 is 0 Å². The van der Waals surface area contributed by atoms with Crippen LogP contribution < -0.4 is 4.72 Å². The Morgan fingerprint density at radius 2 is 2.31 bits per heavy atom. The first-order chi connectivity index (χ1) is 6.18. The van der Waals surface area contributed by atoms with E-state index in [1.54, 1.807) is 12.1 Å². The molecule has 0 aromatic carbocycles. The van der Waals surface area contributed by atoms with E-state index in [9.17, 15) is 8.42 Å². The molecular formula is C7H10N2O3S. The third kappa shape index (κ3) is 2.09. The van der Waals surface area contributed by atoms with E-state index in [-0.39, 0.29) is 6.54 Å². The molecule has 1 N–H and O–H groups in total. The summed E-state index contributed by atoms with van der Waals surface area (Å²) in [7, 11) is -3.24. The van der Waals surface area contributed by atoms with Crippen molar-refractivity contribution in [1.82, 2.24) is 9.03 Å². The molecule has 13 heavy (non-hydrogen) atoms. The second-order valence-corrected chi connectivity index (χ2v) is 4.56. The van der Waals surface area contributed by atoms with Gasteiger partial charge in [-0.2, -0.15) is 17.4 Å². The second kappa shape index (κ2) is 3.13. The highest BCUT2D eigenvalue weighted by molar-refractivity contribution is 7.87. The van der Waals surface area contributed by atoms with E-state index in [1.807, 2.05) is 0 Å². The van der Waals surface area contributed by atoms with E-state index in [1.165, 1.54) is 10.6 Å². The van der Waals surface area contributed by atoms with Gasteiger partial charge in [-0.3, -0.25) is 0 Å². The summed E-state index contributed by atoms with van der Waals surface area (Å²) in [6.45, 7) is 1.45. The van der Waals surface area contributed by atoms with Crippen molar-refractivity contribution in [2.75, 3.05) is 13.1 Å². The van der Waals surface area contributed by atoms with Crippen LogP contribution in [0.1, 0.15) is 5.76 Å². The fraction of sp³-hybridized carbons (Fsp3) is 0.429. The molecule has 0 saturated carbocycles. The van der Waals surface area contributed by atoms with Crippen molar-refractivity contribution >= 4 is 10.2 Å². The fourth-order valence-electron chi connectivity index (χ4n) is 0.948. The maximum atomic E-state index is 11.3. The first-order valence-corrected chi connectivity index (χ1v) is 5.39. The predicted molar refractivity (Wildman–Crippen MR) is 46.0 cm³/mol. The number of hydrogen-bond donors (Lipinski definition) is 1. The van der Waals surface area contributed by atoms with Crippen molar-refractivity contribution in [3.05, 3.63) is 24.2 Å².